The standard InChI is InChI=1S/C18H29N3O2/c1-13(2)21(17(22)23-18(3,4)5)16-14(9-7-11-19-16)15-10-8-12-20(15)6/h7,9,11,13,15H,8,10,12H2,1-6H3/t15-/m0/s1. The minimum absolute atomic E-state index is 0.0230. The van der Waals surface area contributed by atoms with Gasteiger partial charge in [0, 0.05) is 23.8 Å². The zero-order chi connectivity index (χ0) is 17.2. The molecular formula is C18H29N3O2. The Labute approximate surface area is 139 Å². The molecular weight excluding hydrogens is 290 g/mol. The number of nitrogens with zero attached hydrogens (tertiary/aromatic N) is 3. The van der Waals surface area contributed by atoms with E-state index in [1.807, 2.05) is 40.7 Å². The molecule has 0 aliphatic carbocycles. The number of rotatable bonds is 3. The first kappa shape index (κ1) is 17.7. The number of aromatic nitrogens is 1. The van der Waals surface area contributed by atoms with E-state index in [1.165, 1.54) is 6.42 Å². The van der Waals surface area contributed by atoms with Gasteiger partial charge in [-0.15, -0.1) is 0 Å². The van der Waals surface area contributed by atoms with Gasteiger partial charge in [0.25, 0.3) is 0 Å². The van der Waals surface area contributed by atoms with Gasteiger partial charge in [-0.3, -0.25) is 9.80 Å². The molecule has 1 amide bonds. The third kappa shape index (κ3) is 4.22. The highest BCUT2D eigenvalue weighted by Crippen LogP contribution is 2.36. The minimum atomic E-state index is -0.524. The van der Waals surface area contributed by atoms with Crippen molar-refractivity contribution in [2.45, 2.75) is 65.1 Å². The Kier molecular flexibility index (Phi) is 5.30. The summed E-state index contributed by atoms with van der Waals surface area (Å²) in [7, 11) is 2.13. The van der Waals surface area contributed by atoms with E-state index in [2.05, 4.69) is 23.0 Å². The molecule has 0 aromatic carbocycles. The molecule has 1 fully saturated rings. The van der Waals surface area contributed by atoms with Crippen LogP contribution in [0.4, 0.5) is 10.6 Å². The van der Waals surface area contributed by atoms with Crippen LogP contribution in [0.5, 0.6) is 0 Å². The zero-order valence-corrected chi connectivity index (χ0v) is 15.2. The van der Waals surface area contributed by atoms with Gasteiger partial charge in [-0.05, 0) is 67.1 Å². The van der Waals surface area contributed by atoms with Crippen molar-refractivity contribution in [2.75, 3.05) is 18.5 Å². The normalized spacial score (nSPS) is 19.2. The summed E-state index contributed by atoms with van der Waals surface area (Å²) in [5.74, 6) is 0.718. The van der Waals surface area contributed by atoms with Gasteiger partial charge in [-0.1, -0.05) is 6.07 Å². The largest absolute Gasteiger partial charge is 0.443 e. The number of hydrogen-bond donors (Lipinski definition) is 0. The van der Waals surface area contributed by atoms with Crippen LogP contribution in [-0.2, 0) is 4.74 Å². The predicted octanol–water partition coefficient (Wildman–Crippen LogP) is 4.00. The number of pyridine rings is 1. The van der Waals surface area contributed by atoms with E-state index in [4.69, 9.17) is 4.74 Å². The molecule has 0 N–H and O–H groups in total. The number of anilines is 1. The molecule has 0 saturated carbocycles. The molecule has 128 valence electrons. The van der Waals surface area contributed by atoms with Crippen LogP contribution < -0.4 is 4.90 Å². The Balaban J connectivity index is 2.38. The minimum Gasteiger partial charge on any atom is -0.443 e. The highest BCUT2D eigenvalue weighted by Gasteiger charge is 2.32. The van der Waals surface area contributed by atoms with E-state index in [9.17, 15) is 4.79 Å². The van der Waals surface area contributed by atoms with Crippen LogP contribution in [0.3, 0.4) is 0 Å². The summed E-state index contributed by atoms with van der Waals surface area (Å²) in [5.41, 5.74) is 0.579. The van der Waals surface area contributed by atoms with E-state index in [0.29, 0.717) is 6.04 Å². The summed E-state index contributed by atoms with van der Waals surface area (Å²) >= 11 is 0. The highest BCUT2D eigenvalue weighted by atomic mass is 16.6. The molecule has 1 aromatic heterocycles. The lowest BCUT2D eigenvalue weighted by atomic mass is 10.0. The van der Waals surface area contributed by atoms with Crippen LogP contribution >= 0.6 is 0 Å². The van der Waals surface area contributed by atoms with Gasteiger partial charge < -0.3 is 4.74 Å². The maximum Gasteiger partial charge on any atom is 0.416 e. The number of ether oxygens (including phenoxy) is 1. The van der Waals surface area contributed by atoms with Crippen molar-refractivity contribution >= 4 is 11.9 Å². The Hall–Kier alpha value is -1.62. The van der Waals surface area contributed by atoms with Crippen LogP contribution in [0, 0.1) is 0 Å². The summed E-state index contributed by atoms with van der Waals surface area (Å²) in [6.45, 7) is 10.7. The van der Waals surface area contributed by atoms with E-state index in [0.717, 1.165) is 24.3 Å². The van der Waals surface area contributed by atoms with E-state index in [1.54, 1.807) is 11.1 Å². The highest BCUT2D eigenvalue weighted by molar-refractivity contribution is 5.88. The summed E-state index contributed by atoms with van der Waals surface area (Å²) in [6.07, 6.45) is 3.67. The molecule has 23 heavy (non-hydrogen) atoms. The van der Waals surface area contributed by atoms with Crippen LogP contribution in [0.2, 0.25) is 0 Å². The van der Waals surface area contributed by atoms with Crippen LogP contribution in [-0.4, -0.2) is 41.2 Å². The van der Waals surface area contributed by atoms with E-state index < -0.39 is 5.60 Å². The van der Waals surface area contributed by atoms with E-state index in [-0.39, 0.29) is 12.1 Å². The maximum absolute atomic E-state index is 12.7. The first-order valence-electron chi connectivity index (χ1n) is 8.38. The predicted molar refractivity (Wildman–Crippen MR) is 92.7 cm³/mol. The van der Waals surface area contributed by atoms with Crippen molar-refractivity contribution in [1.82, 2.24) is 9.88 Å². The topological polar surface area (TPSA) is 45.7 Å². The average Bonchev–Trinajstić information content (AvgIpc) is 2.83. The second-order valence-corrected chi connectivity index (χ2v) is 7.50. The number of amides is 1. The molecule has 0 radical (unpaired) electrons. The van der Waals surface area contributed by atoms with Crippen molar-refractivity contribution in [2.24, 2.45) is 0 Å². The summed E-state index contributed by atoms with van der Waals surface area (Å²) in [6, 6.07) is 4.31. The molecule has 1 aliphatic heterocycles. The quantitative estimate of drug-likeness (QED) is 0.845. The van der Waals surface area contributed by atoms with Crippen molar-refractivity contribution in [3.05, 3.63) is 23.9 Å². The van der Waals surface area contributed by atoms with Gasteiger partial charge >= 0.3 is 6.09 Å². The molecule has 1 saturated heterocycles. The molecule has 2 heterocycles. The van der Waals surface area contributed by atoms with Gasteiger partial charge in [0.15, 0.2) is 0 Å². The van der Waals surface area contributed by atoms with Crippen molar-refractivity contribution < 1.29 is 9.53 Å². The number of likely N-dealkylation sites (tertiary alicyclic amines) is 1. The van der Waals surface area contributed by atoms with Crippen molar-refractivity contribution in [3.63, 3.8) is 0 Å². The fraction of sp³-hybridized carbons (Fsp3) is 0.667. The molecule has 5 nitrogen and oxygen atoms in total. The second-order valence-electron chi connectivity index (χ2n) is 7.50. The average molecular weight is 319 g/mol. The molecule has 1 atom stereocenters. The number of carbonyl (C=O) groups is 1. The summed E-state index contributed by atoms with van der Waals surface area (Å²) < 4.78 is 5.59. The molecule has 1 aliphatic rings. The van der Waals surface area contributed by atoms with Gasteiger partial charge in [-0.2, -0.15) is 0 Å². The molecule has 0 bridgehead atoms. The number of carbonyl (C=O) groups excluding carboxylic acids is 1. The fourth-order valence-electron chi connectivity index (χ4n) is 3.03. The number of hydrogen-bond acceptors (Lipinski definition) is 4. The lowest BCUT2D eigenvalue weighted by Gasteiger charge is -2.32. The van der Waals surface area contributed by atoms with Gasteiger partial charge in [-0.25, -0.2) is 9.78 Å². The zero-order valence-electron chi connectivity index (χ0n) is 15.2. The lowest BCUT2D eigenvalue weighted by molar-refractivity contribution is 0.0568. The fourth-order valence-corrected chi connectivity index (χ4v) is 3.03. The molecule has 5 heteroatoms. The summed E-state index contributed by atoms with van der Waals surface area (Å²) in [4.78, 5) is 21.2. The van der Waals surface area contributed by atoms with Crippen LogP contribution in [0.25, 0.3) is 0 Å². The van der Waals surface area contributed by atoms with Crippen molar-refractivity contribution in [1.29, 1.82) is 0 Å². The van der Waals surface area contributed by atoms with E-state index >= 15 is 0 Å². The van der Waals surface area contributed by atoms with Gasteiger partial charge in [0.1, 0.15) is 11.4 Å². The SMILES string of the molecule is CC(C)N(C(=O)OC(C)(C)C)c1ncccc1[C@@H]1CCCN1C. The van der Waals surface area contributed by atoms with Crippen LogP contribution in [0.15, 0.2) is 18.3 Å². The summed E-state index contributed by atoms with van der Waals surface area (Å²) in [5, 5.41) is 0. The van der Waals surface area contributed by atoms with Crippen molar-refractivity contribution in [3.8, 4) is 0 Å². The molecule has 2 rings (SSSR count). The van der Waals surface area contributed by atoms with Gasteiger partial charge in [0.05, 0.1) is 0 Å². The Morgan fingerprint density at radius 2 is 2.13 bits per heavy atom. The first-order valence-corrected chi connectivity index (χ1v) is 8.38. The second kappa shape index (κ2) is 6.87. The monoisotopic (exact) mass is 319 g/mol. The third-order valence-electron chi connectivity index (χ3n) is 4.03. The Bertz CT molecular complexity index is 551. The molecule has 1 aromatic rings. The molecule has 0 unspecified atom stereocenters. The third-order valence-corrected chi connectivity index (χ3v) is 4.03. The molecule has 0 spiro atoms. The van der Waals surface area contributed by atoms with Crippen LogP contribution in [0.1, 0.15) is 59.1 Å². The maximum atomic E-state index is 12.7. The smallest absolute Gasteiger partial charge is 0.416 e. The first-order chi connectivity index (χ1) is 10.7. The Morgan fingerprint density at radius 3 is 2.65 bits per heavy atom. The lowest BCUT2D eigenvalue weighted by Crippen LogP contribution is -2.42. The Morgan fingerprint density at radius 1 is 1.43 bits per heavy atom. The van der Waals surface area contributed by atoms with Gasteiger partial charge in [0.2, 0.25) is 0 Å².